The lowest BCUT2D eigenvalue weighted by atomic mass is 10.1. The number of benzene rings is 1. The van der Waals surface area contributed by atoms with Gasteiger partial charge in [0.15, 0.2) is 0 Å². The van der Waals surface area contributed by atoms with E-state index in [1.165, 1.54) is 5.56 Å². The molecule has 23 heavy (non-hydrogen) atoms. The number of piperidine rings is 1. The smallest absolute Gasteiger partial charge is 0.321 e. The molecule has 0 saturated carbocycles. The number of nitrogens with one attached hydrogen (secondary N) is 1. The van der Waals surface area contributed by atoms with Gasteiger partial charge in [-0.2, -0.15) is 5.10 Å². The van der Waals surface area contributed by atoms with Gasteiger partial charge in [0.1, 0.15) is 5.75 Å². The Bertz CT molecular complexity index is 675. The normalized spacial score (nSPS) is 15.5. The number of rotatable bonds is 3. The summed E-state index contributed by atoms with van der Waals surface area (Å²) in [7, 11) is 1.61. The molecule has 1 N–H and O–H groups in total. The van der Waals surface area contributed by atoms with Crippen LogP contribution in [-0.2, 0) is 0 Å². The van der Waals surface area contributed by atoms with Crippen LogP contribution >= 0.6 is 0 Å². The molecule has 0 bridgehead atoms. The molecule has 6 heteroatoms. The highest BCUT2D eigenvalue weighted by atomic mass is 16.5. The Balaban J connectivity index is 1.55. The largest absolute Gasteiger partial charge is 0.497 e. The Morgan fingerprint density at radius 1 is 1.35 bits per heavy atom. The number of amides is 2. The highest BCUT2D eigenvalue weighted by Gasteiger charge is 2.24. The van der Waals surface area contributed by atoms with Gasteiger partial charge in [-0.3, -0.25) is 4.68 Å². The predicted octanol–water partition coefficient (Wildman–Crippen LogP) is 3.07. The number of urea groups is 1. The predicted molar refractivity (Wildman–Crippen MR) is 88.8 cm³/mol. The van der Waals surface area contributed by atoms with Crippen molar-refractivity contribution in [2.45, 2.75) is 25.8 Å². The van der Waals surface area contributed by atoms with Crippen molar-refractivity contribution in [3.05, 3.63) is 42.2 Å². The second-order valence-corrected chi connectivity index (χ2v) is 5.88. The highest BCUT2D eigenvalue weighted by Crippen LogP contribution is 2.23. The zero-order valence-corrected chi connectivity index (χ0v) is 13.5. The second-order valence-electron chi connectivity index (χ2n) is 5.88. The number of nitrogens with zero attached hydrogens (tertiary/aromatic N) is 3. The lowest BCUT2D eigenvalue weighted by molar-refractivity contribution is 0.180. The summed E-state index contributed by atoms with van der Waals surface area (Å²) in [6.45, 7) is 3.51. The van der Waals surface area contributed by atoms with Crippen molar-refractivity contribution in [2.75, 3.05) is 25.5 Å². The number of ether oxygens (including phenoxy) is 1. The van der Waals surface area contributed by atoms with Crippen molar-refractivity contribution in [1.29, 1.82) is 0 Å². The minimum Gasteiger partial charge on any atom is -0.497 e. The molecule has 2 heterocycles. The SMILES string of the molecule is COc1cccc(NC(=O)N2CCC(n3cc(C)cn3)CC2)c1. The van der Waals surface area contributed by atoms with Gasteiger partial charge in [0.05, 0.1) is 19.3 Å². The Morgan fingerprint density at radius 2 is 2.13 bits per heavy atom. The van der Waals surface area contributed by atoms with Gasteiger partial charge in [-0.15, -0.1) is 0 Å². The summed E-state index contributed by atoms with van der Waals surface area (Å²) in [5.74, 6) is 0.732. The van der Waals surface area contributed by atoms with Crippen molar-refractivity contribution in [2.24, 2.45) is 0 Å². The molecule has 3 rings (SSSR count). The number of hydrogen-bond donors (Lipinski definition) is 1. The number of methoxy groups -OCH3 is 1. The maximum atomic E-state index is 12.4. The van der Waals surface area contributed by atoms with E-state index in [4.69, 9.17) is 4.74 Å². The van der Waals surface area contributed by atoms with Crippen molar-refractivity contribution in [3.63, 3.8) is 0 Å². The van der Waals surface area contributed by atoms with Crippen LogP contribution in [0.15, 0.2) is 36.7 Å². The molecule has 2 amide bonds. The summed E-state index contributed by atoms with van der Waals surface area (Å²) in [5.41, 5.74) is 1.92. The lowest BCUT2D eigenvalue weighted by Crippen LogP contribution is -2.41. The number of aromatic nitrogens is 2. The van der Waals surface area contributed by atoms with E-state index in [9.17, 15) is 4.79 Å². The standard InChI is InChI=1S/C17H22N4O2/c1-13-11-18-21(12-13)15-6-8-20(9-7-15)17(22)19-14-4-3-5-16(10-14)23-2/h3-5,10-12,15H,6-9H2,1-2H3,(H,19,22). The van der Waals surface area contributed by atoms with Crippen molar-refractivity contribution >= 4 is 11.7 Å². The minimum atomic E-state index is -0.0617. The fraction of sp³-hybridized carbons (Fsp3) is 0.412. The first-order valence-corrected chi connectivity index (χ1v) is 7.86. The van der Waals surface area contributed by atoms with E-state index in [1.54, 1.807) is 7.11 Å². The fourth-order valence-corrected chi connectivity index (χ4v) is 2.87. The summed E-state index contributed by atoms with van der Waals surface area (Å²) in [5, 5.41) is 7.31. The van der Waals surface area contributed by atoms with Crippen LogP contribution in [-0.4, -0.2) is 40.9 Å². The third kappa shape index (κ3) is 3.64. The van der Waals surface area contributed by atoms with Crippen LogP contribution in [0.5, 0.6) is 5.75 Å². The number of aryl methyl sites for hydroxylation is 1. The first kappa shape index (κ1) is 15.4. The quantitative estimate of drug-likeness (QED) is 0.947. The zero-order chi connectivity index (χ0) is 16.2. The molecule has 122 valence electrons. The third-order valence-electron chi connectivity index (χ3n) is 4.18. The number of carbonyl (C=O) groups is 1. The summed E-state index contributed by atoms with van der Waals surface area (Å²) in [4.78, 5) is 14.2. The van der Waals surface area contributed by atoms with Gasteiger partial charge in [0.25, 0.3) is 0 Å². The molecule has 1 aromatic heterocycles. The zero-order valence-electron chi connectivity index (χ0n) is 13.5. The van der Waals surface area contributed by atoms with E-state index in [0.29, 0.717) is 6.04 Å². The van der Waals surface area contributed by atoms with Crippen LogP contribution in [0.1, 0.15) is 24.4 Å². The van der Waals surface area contributed by atoms with Gasteiger partial charge in [-0.05, 0) is 37.5 Å². The number of likely N-dealkylation sites (tertiary alicyclic amines) is 1. The molecule has 1 fully saturated rings. The van der Waals surface area contributed by atoms with Crippen molar-refractivity contribution < 1.29 is 9.53 Å². The van der Waals surface area contributed by atoms with E-state index >= 15 is 0 Å². The molecule has 0 atom stereocenters. The van der Waals surface area contributed by atoms with Gasteiger partial charge in [0, 0.05) is 31.0 Å². The van der Waals surface area contributed by atoms with Gasteiger partial charge >= 0.3 is 6.03 Å². The van der Waals surface area contributed by atoms with Crippen molar-refractivity contribution in [3.8, 4) is 5.75 Å². The summed E-state index contributed by atoms with van der Waals surface area (Å²) in [6, 6.07) is 7.71. The minimum absolute atomic E-state index is 0.0617. The van der Waals surface area contributed by atoms with Crippen LogP contribution in [0, 0.1) is 6.92 Å². The summed E-state index contributed by atoms with van der Waals surface area (Å²) in [6.07, 6.45) is 5.79. The van der Waals surface area contributed by atoms with Gasteiger partial charge in [-0.1, -0.05) is 6.07 Å². The molecule has 0 radical (unpaired) electrons. The molecule has 1 aromatic carbocycles. The number of hydrogen-bond acceptors (Lipinski definition) is 3. The van der Waals surface area contributed by atoms with E-state index in [2.05, 4.69) is 16.6 Å². The average Bonchev–Trinajstić information content (AvgIpc) is 3.01. The summed E-state index contributed by atoms with van der Waals surface area (Å²) >= 11 is 0. The van der Waals surface area contributed by atoms with Crippen LogP contribution in [0.3, 0.4) is 0 Å². The molecule has 2 aromatic rings. The first-order chi connectivity index (χ1) is 11.2. The first-order valence-electron chi connectivity index (χ1n) is 7.86. The molecule has 1 saturated heterocycles. The molecular weight excluding hydrogens is 292 g/mol. The molecule has 6 nitrogen and oxygen atoms in total. The molecular formula is C17H22N4O2. The lowest BCUT2D eigenvalue weighted by Gasteiger charge is -2.32. The van der Waals surface area contributed by atoms with Crippen molar-refractivity contribution in [1.82, 2.24) is 14.7 Å². The third-order valence-corrected chi connectivity index (χ3v) is 4.18. The fourth-order valence-electron chi connectivity index (χ4n) is 2.87. The monoisotopic (exact) mass is 314 g/mol. The molecule has 1 aliphatic heterocycles. The highest BCUT2D eigenvalue weighted by molar-refractivity contribution is 5.89. The molecule has 0 unspecified atom stereocenters. The van der Waals surface area contributed by atoms with Crippen LogP contribution in [0.25, 0.3) is 0 Å². The Morgan fingerprint density at radius 3 is 2.78 bits per heavy atom. The van der Waals surface area contributed by atoms with Gasteiger partial charge < -0.3 is 15.0 Å². The van der Waals surface area contributed by atoms with Crippen LogP contribution in [0.4, 0.5) is 10.5 Å². The maximum Gasteiger partial charge on any atom is 0.321 e. The Kier molecular flexibility index (Phi) is 4.50. The van der Waals surface area contributed by atoms with Crippen LogP contribution < -0.4 is 10.1 Å². The molecule has 0 spiro atoms. The van der Waals surface area contributed by atoms with E-state index in [1.807, 2.05) is 47.0 Å². The van der Waals surface area contributed by atoms with E-state index < -0.39 is 0 Å². The topological polar surface area (TPSA) is 59.4 Å². The average molecular weight is 314 g/mol. The maximum absolute atomic E-state index is 12.4. The van der Waals surface area contributed by atoms with Gasteiger partial charge in [-0.25, -0.2) is 4.79 Å². The van der Waals surface area contributed by atoms with E-state index in [0.717, 1.165) is 37.4 Å². The summed E-state index contributed by atoms with van der Waals surface area (Å²) < 4.78 is 7.19. The Hall–Kier alpha value is -2.50. The van der Waals surface area contributed by atoms with E-state index in [-0.39, 0.29) is 6.03 Å². The molecule has 0 aliphatic carbocycles. The Labute approximate surface area is 136 Å². The van der Waals surface area contributed by atoms with Gasteiger partial charge in [0.2, 0.25) is 0 Å². The molecule has 1 aliphatic rings. The second kappa shape index (κ2) is 6.73. The number of carbonyl (C=O) groups excluding carboxylic acids is 1. The number of anilines is 1. The van der Waals surface area contributed by atoms with Crippen LogP contribution in [0.2, 0.25) is 0 Å².